The molecule has 90 valence electrons. The highest BCUT2D eigenvalue weighted by molar-refractivity contribution is 7.11. The topological polar surface area (TPSA) is 9.23 Å². The molecule has 0 spiro atoms. The molecule has 0 bridgehead atoms. The lowest BCUT2D eigenvalue weighted by Gasteiger charge is -2.33. The van der Waals surface area contributed by atoms with E-state index in [0.717, 1.165) is 0 Å². The summed E-state index contributed by atoms with van der Waals surface area (Å²) in [7, 11) is 0. The van der Waals surface area contributed by atoms with Crippen molar-refractivity contribution >= 4 is 22.7 Å². The Hall–Kier alpha value is -0.640. The molecule has 0 aromatic carbocycles. The molecule has 2 aromatic rings. The molecular formula is C14H16OS2. The maximum atomic E-state index is 6.38. The Kier molecular flexibility index (Phi) is 2.31. The summed E-state index contributed by atoms with van der Waals surface area (Å²) in [6, 6.07) is 4.44. The van der Waals surface area contributed by atoms with Crippen molar-refractivity contribution in [3.63, 3.8) is 0 Å². The van der Waals surface area contributed by atoms with Gasteiger partial charge in [0, 0.05) is 9.75 Å². The molecule has 2 aromatic heterocycles. The fourth-order valence-electron chi connectivity index (χ4n) is 2.71. The zero-order chi connectivity index (χ0) is 12.3. The van der Waals surface area contributed by atoms with Gasteiger partial charge in [0.2, 0.25) is 0 Å². The summed E-state index contributed by atoms with van der Waals surface area (Å²) < 4.78 is 6.38. The van der Waals surface area contributed by atoms with E-state index in [-0.39, 0.29) is 11.2 Å². The van der Waals surface area contributed by atoms with Crippen LogP contribution in [-0.4, -0.2) is 0 Å². The van der Waals surface area contributed by atoms with Crippen LogP contribution in [0.15, 0.2) is 22.9 Å². The highest BCUT2D eigenvalue weighted by Crippen LogP contribution is 2.50. The number of hydrogen-bond acceptors (Lipinski definition) is 3. The summed E-state index contributed by atoms with van der Waals surface area (Å²) >= 11 is 3.59. The van der Waals surface area contributed by atoms with Gasteiger partial charge in [0.15, 0.2) is 0 Å². The molecule has 1 aliphatic heterocycles. The van der Waals surface area contributed by atoms with Crippen LogP contribution < -0.4 is 0 Å². The van der Waals surface area contributed by atoms with E-state index in [2.05, 4.69) is 50.6 Å². The Bertz CT molecular complexity index is 510. The lowest BCUT2D eigenvalue weighted by Crippen LogP contribution is -2.30. The third kappa shape index (κ3) is 1.60. The Morgan fingerprint density at radius 3 is 1.65 bits per heavy atom. The molecule has 0 saturated carbocycles. The van der Waals surface area contributed by atoms with Crippen LogP contribution in [0.25, 0.3) is 11.1 Å². The predicted octanol–water partition coefficient (Wildman–Crippen LogP) is 4.98. The summed E-state index contributed by atoms with van der Waals surface area (Å²) in [5.74, 6) is 0. The summed E-state index contributed by atoms with van der Waals surface area (Å²) in [6.07, 6.45) is 0. The van der Waals surface area contributed by atoms with Crippen molar-refractivity contribution in [1.29, 1.82) is 0 Å². The lowest BCUT2D eigenvalue weighted by atomic mass is 9.98. The maximum Gasteiger partial charge on any atom is 0.0985 e. The maximum absolute atomic E-state index is 6.38. The average Bonchev–Trinajstić information content (AvgIpc) is 2.83. The van der Waals surface area contributed by atoms with Crippen LogP contribution in [-0.2, 0) is 15.9 Å². The fraction of sp³-hybridized carbons (Fsp3) is 0.429. The number of rotatable bonds is 0. The molecule has 0 amide bonds. The second kappa shape index (κ2) is 3.44. The van der Waals surface area contributed by atoms with Gasteiger partial charge in [0.1, 0.15) is 0 Å². The van der Waals surface area contributed by atoms with Crippen LogP contribution >= 0.6 is 22.7 Å². The molecule has 0 saturated heterocycles. The van der Waals surface area contributed by atoms with Crippen LogP contribution in [0, 0.1) is 0 Å². The number of ether oxygens (including phenoxy) is 1. The Balaban J connectivity index is 2.33. The van der Waals surface area contributed by atoms with Gasteiger partial charge in [0.25, 0.3) is 0 Å². The summed E-state index contributed by atoms with van der Waals surface area (Å²) in [4.78, 5) is 2.67. The van der Waals surface area contributed by atoms with Crippen molar-refractivity contribution in [3.8, 4) is 11.1 Å². The van der Waals surface area contributed by atoms with Gasteiger partial charge < -0.3 is 4.74 Å². The van der Waals surface area contributed by atoms with Crippen molar-refractivity contribution < 1.29 is 4.74 Å². The van der Waals surface area contributed by atoms with Crippen molar-refractivity contribution in [1.82, 2.24) is 0 Å². The quantitative estimate of drug-likeness (QED) is 0.652. The fourth-order valence-corrected chi connectivity index (χ4v) is 4.65. The van der Waals surface area contributed by atoms with Crippen LogP contribution in [0.3, 0.4) is 0 Å². The Labute approximate surface area is 110 Å². The van der Waals surface area contributed by atoms with E-state index in [1.807, 2.05) is 0 Å². The lowest BCUT2D eigenvalue weighted by molar-refractivity contribution is -0.126. The van der Waals surface area contributed by atoms with Gasteiger partial charge in [-0.1, -0.05) is 0 Å². The largest absolute Gasteiger partial charge is 0.359 e. The van der Waals surface area contributed by atoms with Crippen LogP contribution in [0.1, 0.15) is 37.4 Å². The van der Waals surface area contributed by atoms with Gasteiger partial charge in [-0.15, -0.1) is 22.7 Å². The third-order valence-corrected chi connectivity index (χ3v) is 5.66. The number of thiophene rings is 2. The first-order valence-electron chi connectivity index (χ1n) is 5.78. The summed E-state index contributed by atoms with van der Waals surface area (Å²) in [6.45, 7) is 8.67. The highest BCUT2D eigenvalue weighted by Gasteiger charge is 2.40. The molecule has 0 aliphatic carbocycles. The number of fused-ring (bicyclic) bond motifs is 3. The zero-order valence-electron chi connectivity index (χ0n) is 10.5. The first-order valence-corrected chi connectivity index (χ1v) is 7.54. The molecular weight excluding hydrogens is 248 g/mol. The van der Waals surface area contributed by atoms with Gasteiger partial charge >= 0.3 is 0 Å². The van der Waals surface area contributed by atoms with Crippen molar-refractivity contribution in [2.45, 2.75) is 38.9 Å². The van der Waals surface area contributed by atoms with Crippen molar-refractivity contribution in [2.24, 2.45) is 0 Å². The molecule has 0 atom stereocenters. The van der Waals surface area contributed by atoms with E-state index in [1.54, 1.807) is 22.7 Å². The van der Waals surface area contributed by atoms with Gasteiger partial charge in [-0.25, -0.2) is 0 Å². The molecule has 1 nitrogen and oxygen atoms in total. The van der Waals surface area contributed by atoms with Crippen LogP contribution in [0.4, 0.5) is 0 Å². The summed E-state index contributed by atoms with van der Waals surface area (Å²) in [5, 5.41) is 4.32. The predicted molar refractivity (Wildman–Crippen MR) is 74.8 cm³/mol. The molecule has 1 aliphatic rings. The van der Waals surface area contributed by atoms with Crippen molar-refractivity contribution in [2.75, 3.05) is 0 Å². The van der Waals surface area contributed by atoms with Crippen molar-refractivity contribution in [3.05, 3.63) is 32.6 Å². The van der Waals surface area contributed by atoms with E-state index in [0.29, 0.717) is 0 Å². The first-order chi connectivity index (χ1) is 7.92. The second-order valence-electron chi connectivity index (χ2n) is 5.45. The minimum absolute atomic E-state index is 0.217. The van der Waals surface area contributed by atoms with E-state index < -0.39 is 0 Å². The standard InChI is InChI=1S/C14H16OS2/c1-13(2)11-9(5-7-16-11)10-6-8-17-12(10)14(3,4)15-13/h5-8H,1-4H3. The van der Waals surface area contributed by atoms with E-state index in [9.17, 15) is 0 Å². The van der Waals surface area contributed by atoms with E-state index in [1.165, 1.54) is 20.9 Å². The Morgan fingerprint density at radius 2 is 1.24 bits per heavy atom. The third-order valence-electron chi connectivity index (χ3n) is 3.22. The minimum Gasteiger partial charge on any atom is -0.359 e. The molecule has 17 heavy (non-hydrogen) atoms. The molecule has 0 fully saturated rings. The first kappa shape index (κ1) is 11.5. The smallest absolute Gasteiger partial charge is 0.0985 e. The monoisotopic (exact) mass is 264 g/mol. The number of hydrogen-bond donors (Lipinski definition) is 0. The van der Waals surface area contributed by atoms with Gasteiger partial charge in [-0.2, -0.15) is 0 Å². The molecule has 3 rings (SSSR count). The van der Waals surface area contributed by atoms with E-state index >= 15 is 0 Å². The van der Waals surface area contributed by atoms with Gasteiger partial charge in [-0.3, -0.25) is 0 Å². The van der Waals surface area contributed by atoms with Crippen LogP contribution in [0.2, 0.25) is 0 Å². The molecule has 0 radical (unpaired) electrons. The van der Waals surface area contributed by atoms with Gasteiger partial charge in [-0.05, 0) is 61.7 Å². The minimum atomic E-state index is -0.217. The SMILES string of the molecule is CC1(C)OC(C)(C)c2sccc2-c2ccsc21. The second-order valence-corrected chi connectivity index (χ2v) is 7.28. The molecule has 0 N–H and O–H groups in total. The van der Waals surface area contributed by atoms with Crippen LogP contribution in [0.5, 0.6) is 0 Å². The van der Waals surface area contributed by atoms with Gasteiger partial charge in [0.05, 0.1) is 11.2 Å². The normalized spacial score (nSPS) is 20.5. The Morgan fingerprint density at radius 1 is 0.824 bits per heavy atom. The zero-order valence-corrected chi connectivity index (χ0v) is 12.2. The molecule has 3 heterocycles. The molecule has 3 heteroatoms. The summed E-state index contributed by atoms with van der Waals surface area (Å²) in [5.41, 5.74) is 2.26. The molecule has 0 unspecified atom stereocenters. The highest BCUT2D eigenvalue weighted by atomic mass is 32.1. The average molecular weight is 264 g/mol. The van der Waals surface area contributed by atoms with E-state index in [4.69, 9.17) is 4.74 Å².